The van der Waals surface area contributed by atoms with Gasteiger partial charge in [-0.15, -0.1) is 11.8 Å². The lowest BCUT2D eigenvalue weighted by Crippen LogP contribution is -2.05. The van der Waals surface area contributed by atoms with Crippen LogP contribution in [0.15, 0.2) is 23.1 Å². The van der Waals surface area contributed by atoms with E-state index in [2.05, 4.69) is 4.74 Å². The van der Waals surface area contributed by atoms with E-state index in [9.17, 15) is 14.9 Å². The summed E-state index contributed by atoms with van der Waals surface area (Å²) in [4.78, 5) is 22.0. The molecular weight excluding hydrogens is 258 g/mol. The van der Waals surface area contributed by atoms with Crippen molar-refractivity contribution in [3.05, 3.63) is 33.9 Å². The zero-order chi connectivity index (χ0) is 13.7. The molecule has 0 bridgehead atoms. The van der Waals surface area contributed by atoms with Crippen LogP contribution in [-0.4, -0.2) is 35.0 Å². The number of aliphatic hydroxyl groups is 1. The third-order valence-corrected chi connectivity index (χ3v) is 3.30. The van der Waals surface area contributed by atoms with Crippen molar-refractivity contribution >= 4 is 23.4 Å². The highest BCUT2D eigenvalue weighted by Gasteiger charge is 2.19. The number of esters is 1. The lowest BCUT2D eigenvalue weighted by atomic mass is 10.2. The number of ether oxygens (including phenoxy) is 1. The van der Waals surface area contributed by atoms with E-state index in [4.69, 9.17) is 5.11 Å². The number of nitro benzene ring substituents is 1. The number of carbonyl (C=O) groups is 1. The minimum Gasteiger partial charge on any atom is -0.465 e. The maximum atomic E-state index is 11.4. The molecule has 0 saturated carbocycles. The van der Waals surface area contributed by atoms with Gasteiger partial charge in [-0.25, -0.2) is 4.79 Å². The first-order valence-electron chi connectivity index (χ1n) is 5.13. The molecule has 0 radical (unpaired) electrons. The largest absolute Gasteiger partial charge is 0.465 e. The van der Waals surface area contributed by atoms with Crippen LogP contribution in [0.3, 0.4) is 0 Å². The molecule has 1 atom stereocenters. The SMILES string of the molecule is COC(=O)c1ccc([N+](=O)[O-])c(SC(C)CO)c1. The van der Waals surface area contributed by atoms with Crippen molar-refractivity contribution in [2.24, 2.45) is 0 Å². The van der Waals surface area contributed by atoms with E-state index >= 15 is 0 Å². The molecule has 0 amide bonds. The maximum Gasteiger partial charge on any atom is 0.337 e. The zero-order valence-corrected chi connectivity index (χ0v) is 10.8. The van der Waals surface area contributed by atoms with E-state index in [1.165, 1.54) is 25.3 Å². The van der Waals surface area contributed by atoms with Crippen LogP contribution < -0.4 is 0 Å². The topological polar surface area (TPSA) is 89.7 Å². The average molecular weight is 271 g/mol. The van der Waals surface area contributed by atoms with Gasteiger partial charge in [-0.3, -0.25) is 10.1 Å². The standard InChI is InChI=1S/C11H13NO5S/c1-7(6-13)18-10-5-8(11(14)17-2)3-4-9(10)12(15)16/h3-5,7,13H,6H2,1-2H3. The Morgan fingerprint density at radius 1 is 1.61 bits per heavy atom. The molecule has 7 heteroatoms. The summed E-state index contributed by atoms with van der Waals surface area (Å²) < 4.78 is 4.56. The van der Waals surface area contributed by atoms with E-state index in [-0.39, 0.29) is 23.1 Å². The monoisotopic (exact) mass is 271 g/mol. The second kappa shape index (κ2) is 6.36. The second-order valence-electron chi connectivity index (χ2n) is 3.54. The Labute approximate surface area is 108 Å². The number of carbonyl (C=O) groups excluding carboxylic acids is 1. The molecule has 1 aromatic carbocycles. The molecule has 18 heavy (non-hydrogen) atoms. The van der Waals surface area contributed by atoms with Gasteiger partial charge < -0.3 is 9.84 Å². The van der Waals surface area contributed by atoms with Crippen molar-refractivity contribution in [1.82, 2.24) is 0 Å². The van der Waals surface area contributed by atoms with E-state index in [0.717, 1.165) is 11.8 Å². The molecule has 0 fully saturated rings. The van der Waals surface area contributed by atoms with Crippen LogP contribution in [0.2, 0.25) is 0 Å². The lowest BCUT2D eigenvalue weighted by Gasteiger charge is -2.09. The number of hydrogen-bond acceptors (Lipinski definition) is 6. The van der Waals surface area contributed by atoms with Gasteiger partial charge in [0.25, 0.3) is 5.69 Å². The molecule has 0 aliphatic rings. The summed E-state index contributed by atoms with van der Waals surface area (Å²) in [5.74, 6) is -0.552. The van der Waals surface area contributed by atoms with Crippen molar-refractivity contribution in [3.8, 4) is 0 Å². The number of aliphatic hydroxyl groups excluding tert-OH is 1. The summed E-state index contributed by atoms with van der Waals surface area (Å²) in [7, 11) is 1.24. The van der Waals surface area contributed by atoms with Crippen molar-refractivity contribution in [2.75, 3.05) is 13.7 Å². The molecule has 98 valence electrons. The fourth-order valence-corrected chi connectivity index (χ4v) is 2.22. The fourth-order valence-electron chi connectivity index (χ4n) is 1.26. The predicted octanol–water partition coefficient (Wildman–Crippen LogP) is 1.85. The number of benzene rings is 1. The van der Waals surface area contributed by atoms with Gasteiger partial charge in [0.2, 0.25) is 0 Å². The van der Waals surface area contributed by atoms with Gasteiger partial charge in [0.15, 0.2) is 0 Å². The summed E-state index contributed by atoms with van der Waals surface area (Å²) in [6, 6.07) is 4.01. The van der Waals surface area contributed by atoms with Gasteiger partial charge in [-0.2, -0.15) is 0 Å². The van der Waals surface area contributed by atoms with Crippen molar-refractivity contribution in [1.29, 1.82) is 0 Å². The van der Waals surface area contributed by atoms with Gasteiger partial charge in [0.1, 0.15) is 0 Å². The van der Waals surface area contributed by atoms with Crippen LogP contribution >= 0.6 is 11.8 Å². The Kier molecular flexibility index (Phi) is 5.11. The highest BCUT2D eigenvalue weighted by Crippen LogP contribution is 2.32. The Morgan fingerprint density at radius 2 is 2.28 bits per heavy atom. The first-order valence-corrected chi connectivity index (χ1v) is 6.01. The van der Waals surface area contributed by atoms with E-state index in [1.54, 1.807) is 6.92 Å². The molecule has 0 aliphatic heterocycles. The average Bonchev–Trinajstić information content (AvgIpc) is 2.37. The number of rotatable bonds is 5. The first kappa shape index (κ1) is 14.5. The van der Waals surface area contributed by atoms with E-state index in [1.807, 2.05) is 0 Å². The Balaban J connectivity index is 3.15. The molecule has 1 N–H and O–H groups in total. The molecule has 0 aromatic heterocycles. The van der Waals surface area contributed by atoms with Gasteiger partial charge in [-0.1, -0.05) is 6.92 Å². The number of methoxy groups -OCH3 is 1. The van der Waals surface area contributed by atoms with Gasteiger partial charge in [0, 0.05) is 11.3 Å². The fraction of sp³-hybridized carbons (Fsp3) is 0.364. The van der Waals surface area contributed by atoms with Gasteiger partial charge >= 0.3 is 5.97 Å². The molecule has 1 unspecified atom stereocenters. The maximum absolute atomic E-state index is 11.4. The summed E-state index contributed by atoms with van der Waals surface area (Å²) in [5.41, 5.74) is 0.156. The number of nitrogens with zero attached hydrogens (tertiary/aromatic N) is 1. The molecule has 0 saturated heterocycles. The Bertz CT molecular complexity index is 463. The van der Waals surface area contributed by atoms with Gasteiger partial charge in [0.05, 0.1) is 29.1 Å². The normalized spacial score (nSPS) is 11.9. The zero-order valence-electron chi connectivity index (χ0n) is 9.95. The van der Waals surface area contributed by atoms with Crippen LogP contribution in [-0.2, 0) is 4.74 Å². The molecular formula is C11H13NO5S. The second-order valence-corrected chi connectivity index (χ2v) is 5.02. The predicted molar refractivity (Wildman–Crippen MR) is 66.8 cm³/mol. The highest BCUT2D eigenvalue weighted by atomic mass is 32.2. The van der Waals surface area contributed by atoms with E-state index in [0.29, 0.717) is 4.90 Å². The van der Waals surface area contributed by atoms with Crippen molar-refractivity contribution in [2.45, 2.75) is 17.1 Å². The minimum absolute atomic E-state index is 0.0899. The third kappa shape index (κ3) is 3.44. The van der Waals surface area contributed by atoms with Crippen molar-refractivity contribution in [3.63, 3.8) is 0 Å². The van der Waals surface area contributed by atoms with Crippen LogP contribution in [0.25, 0.3) is 0 Å². The van der Waals surface area contributed by atoms with Crippen LogP contribution in [0, 0.1) is 10.1 Å². The third-order valence-electron chi connectivity index (χ3n) is 2.16. The number of nitro groups is 1. The van der Waals surface area contributed by atoms with E-state index < -0.39 is 10.9 Å². The number of thioether (sulfide) groups is 1. The lowest BCUT2D eigenvalue weighted by molar-refractivity contribution is -0.387. The summed E-state index contributed by atoms with van der Waals surface area (Å²) in [6.07, 6.45) is 0. The molecule has 1 rings (SSSR count). The molecule has 6 nitrogen and oxygen atoms in total. The summed E-state index contributed by atoms with van der Waals surface area (Å²) in [5, 5.41) is 19.6. The van der Waals surface area contributed by atoms with Gasteiger partial charge in [-0.05, 0) is 12.1 Å². The highest BCUT2D eigenvalue weighted by molar-refractivity contribution is 8.00. The van der Waals surface area contributed by atoms with Crippen molar-refractivity contribution < 1.29 is 19.6 Å². The van der Waals surface area contributed by atoms with Crippen LogP contribution in [0.1, 0.15) is 17.3 Å². The molecule has 0 spiro atoms. The quantitative estimate of drug-likeness (QED) is 0.380. The molecule has 1 aromatic rings. The van der Waals surface area contributed by atoms with Crippen LogP contribution in [0.5, 0.6) is 0 Å². The number of hydrogen-bond donors (Lipinski definition) is 1. The summed E-state index contributed by atoms with van der Waals surface area (Å²) in [6.45, 7) is 1.63. The minimum atomic E-state index is -0.552. The van der Waals surface area contributed by atoms with Crippen LogP contribution in [0.4, 0.5) is 5.69 Å². The Hall–Kier alpha value is -1.60. The summed E-state index contributed by atoms with van der Waals surface area (Å²) >= 11 is 1.14. The Morgan fingerprint density at radius 3 is 2.78 bits per heavy atom. The molecule has 0 heterocycles. The molecule has 0 aliphatic carbocycles. The smallest absolute Gasteiger partial charge is 0.337 e. The first-order chi connectivity index (χ1) is 8.49.